The van der Waals surface area contributed by atoms with Gasteiger partial charge in [0.25, 0.3) is 0 Å². The minimum absolute atomic E-state index is 0.559. The van der Waals surface area contributed by atoms with Crippen molar-refractivity contribution in [2.45, 2.75) is 13.8 Å². The van der Waals surface area contributed by atoms with Gasteiger partial charge in [0.2, 0.25) is 0 Å². The molecule has 15 heavy (non-hydrogen) atoms. The van der Waals surface area contributed by atoms with Crippen molar-refractivity contribution in [3.63, 3.8) is 0 Å². The van der Waals surface area contributed by atoms with Gasteiger partial charge in [0.15, 0.2) is 5.82 Å². The van der Waals surface area contributed by atoms with E-state index in [9.17, 15) is 0 Å². The lowest BCUT2D eigenvalue weighted by atomic mass is 10.2. The van der Waals surface area contributed by atoms with E-state index in [1.807, 2.05) is 6.92 Å². The molecular formula is C10H10IN3S. The van der Waals surface area contributed by atoms with Crippen molar-refractivity contribution >= 4 is 39.7 Å². The van der Waals surface area contributed by atoms with E-state index in [4.69, 9.17) is 5.73 Å². The van der Waals surface area contributed by atoms with Gasteiger partial charge in [-0.15, -0.1) is 0 Å². The molecule has 0 atom stereocenters. The zero-order chi connectivity index (χ0) is 11.0. The molecule has 5 heteroatoms. The van der Waals surface area contributed by atoms with Crippen molar-refractivity contribution in [3.05, 3.63) is 25.6 Å². The molecule has 2 heterocycles. The Labute approximate surface area is 106 Å². The molecule has 78 valence electrons. The van der Waals surface area contributed by atoms with Gasteiger partial charge in [0.05, 0.1) is 9.26 Å². The summed E-state index contributed by atoms with van der Waals surface area (Å²) in [6.45, 7) is 4.00. The topological polar surface area (TPSA) is 51.8 Å². The average molecular weight is 331 g/mol. The highest BCUT2D eigenvalue weighted by atomic mass is 127. The Hall–Kier alpha value is -0.690. The molecule has 0 unspecified atom stereocenters. The highest BCUT2D eigenvalue weighted by Crippen LogP contribution is 2.26. The maximum absolute atomic E-state index is 5.82. The highest BCUT2D eigenvalue weighted by molar-refractivity contribution is 14.1. The smallest absolute Gasteiger partial charge is 0.162 e. The van der Waals surface area contributed by atoms with E-state index in [-0.39, 0.29) is 0 Å². The fraction of sp³-hybridized carbons (Fsp3) is 0.200. The number of anilines is 1. The number of rotatable bonds is 1. The SMILES string of the molecule is Cc1cscc1-c1nc(C)c(I)c(N)n1. The first kappa shape index (κ1) is 10.8. The lowest BCUT2D eigenvalue weighted by Gasteiger charge is -2.05. The first-order valence-corrected chi connectivity index (χ1v) is 6.44. The van der Waals surface area contributed by atoms with E-state index in [1.165, 1.54) is 5.56 Å². The van der Waals surface area contributed by atoms with Crippen LogP contribution in [0.4, 0.5) is 5.82 Å². The zero-order valence-electron chi connectivity index (χ0n) is 8.41. The molecule has 0 saturated heterocycles. The second-order valence-corrected chi connectivity index (χ2v) is 5.12. The normalized spacial score (nSPS) is 10.6. The van der Waals surface area contributed by atoms with Crippen LogP contribution in [0, 0.1) is 17.4 Å². The maximum Gasteiger partial charge on any atom is 0.162 e. The fourth-order valence-electron chi connectivity index (χ4n) is 1.29. The number of aromatic nitrogens is 2. The molecular weight excluding hydrogens is 321 g/mol. The van der Waals surface area contributed by atoms with E-state index >= 15 is 0 Å². The Morgan fingerprint density at radius 2 is 2.00 bits per heavy atom. The molecule has 2 aromatic heterocycles. The van der Waals surface area contributed by atoms with E-state index in [0.717, 1.165) is 20.7 Å². The number of nitrogen functional groups attached to an aromatic ring is 1. The first-order chi connectivity index (χ1) is 7.09. The number of aryl methyl sites for hydroxylation is 2. The predicted molar refractivity (Wildman–Crippen MR) is 71.9 cm³/mol. The van der Waals surface area contributed by atoms with Crippen LogP contribution in [0.3, 0.4) is 0 Å². The number of nitrogens with two attached hydrogens (primary N) is 1. The molecule has 2 aromatic rings. The van der Waals surface area contributed by atoms with Crippen molar-refractivity contribution < 1.29 is 0 Å². The van der Waals surface area contributed by atoms with Crippen molar-refractivity contribution in [2.24, 2.45) is 0 Å². The molecule has 0 fully saturated rings. The molecule has 3 nitrogen and oxygen atoms in total. The standard InChI is InChI=1S/C10H10IN3S/c1-5-3-15-4-7(5)10-13-6(2)8(11)9(12)14-10/h3-4H,1-2H3,(H2,12,13,14). The Morgan fingerprint density at radius 3 is 2.53 bits per heavy atom. The van der Waals surface area contributed by atoms with Crippen LogP contribution in [0.25, 0.3) is 11.4 Å². The van der Waals surface area contributed by atoms with Crippen LogP contribution in [-0.4, -0.2) is 9.97 Å². The minimum Gasteiger partial charge on any atom is -0.383 e. The molecule has 2 N–H and O–H groups in total. The molecule has 0 aliphatic heterocycles. The third-order valence-electron chi connectivity index (χ3n) is 2.14. The summed E-state index contributed by atoms with van der Waals surface area (Å²) in [5.74, 6) is 1.29. The lowest BCUT2D eigenvalue weighted by molar-refractivity contribution is 1.10. The van der Waals surface area contributed by atoms with Crippen LogP contribution in [0.2, 0.25) is 0 Å². The van der Waals surface area contributed by atoms with Crippen molar-refractivity contribution in [2.75, 3.05) is 5.73 Å². The number of hydrogen-bond donors (Lipinski definition) is 1. The fourth-order valence-corrected chi connectivity index (χ4v) is 2.36. The summed E-state index contributed by atoms with van der Waals surface area (Å²) < 4.78 is 0.934. The minimum atomic E-state index is 0.559. The highest BCUT2D eigenvalue weighted by Gasteiger charge is 2.10. The van der Waals surface area contributed by atoms with Gasteiger partial charge in [-0.25, -0.2) is 9.97 Å². The summed E-state index contributed by atoms with van der Waals surface area (Å²) in [4.78, 5) is 8.75. The van der Waals surface area contributed by atoms with Crippen LogP contribution in [0.5, 0.6) is 0 Å². The van der Waals surface area contributed by atoms with E-state index in [2.05, 4.69) is 50.2 Å². The molecule has 2 rings (SSSR count). The van der Waals surface area contributed by atoms with E-state index < -0.39 is 0 Å². The summed E-state index contributed by atoms with van der Waals surface area (Å²) in [5, 5.41) is 4.14. The number of thiophene rings is 1. The van der Waals surface area contributed by atoms with Gasteiger partial charge in [-0.05, 0) is 47.4 Å². The summed E-state index contributed by atoms with van der Waals surface area (Å²) in [5.41, 5.74) is 9.03. The Kier molecular flexibility index (Phi) is 2.92. The zero-order valence-corrected chi connectivity index (χ0v) is 11.4. The van der Waals surface area contributed by atoms with Gasteiger partial charge in [0.1, 0.15) is 5.82 Å². The van der Waals surface area contributed by atoms with Crippen molar-refractivity contribution in [1.82, 2.24) is 9.97 Å². The summed E-state index contributed by atoms with van der Waals surface area (Å²) >= 11 is 3.82. The van der Waals surface area contributed by atoms with E-state index in [0.29, 0.717) is 5.82 Å². The Morgan fingerprint density at radius 1 is 1.27 bits per heavy atom. The maximum atomic E-state index is 5.82. The summed E-state index contributed by atoms with van der Waals surface area (Å²) in [6.07, 6.45) is 0. The lowest BCUT2D eigenvalue weighted by Crippen LogP contribution is -2.02. The van der Waals surface area contributed by atoms with Gasteiger partial charge in [-0.2, -0.15) is 11.3 Å². The molecule has 0 aliphatic rings. The van der Waals surface area contributed by atoms with Gasteiger partial charge < -0.3 is 5.73 Å². The Bertz CT molecular complexity index is 484. The molecule has 0 aliphatic carbocycles. The third-order valence-corrected chi connectivity index (χ3v) is 4.33. The first-order valence-electron chi connectivity index (χ1n) is 4.42. The summed E-state index contributed by atoms with van der Waals surface area (Å²) in [7, 11) is 0. The number of hydrogen-bond acceptors (Lipinski definition) is 4. The number of halogens is 1. The second-order valence-electron chi connectivity index (χ2n) is 3.30. The van der Waals surface area contributed by atoms with Gasteiger partial charge >= 0.3 is 0 Å². The predicted octanol–water partition coefficient (Wildman–Crippen LogP) is 3.01. The quantitative estimate of drug-likeness (QED) is 0.818. The molecule has 0 amide bonds. The van der Waals surface area contributed by atoms with E-state index in [1.54, 1.807) is 11.3 Å². The second kappa shape index (κ2) is 4.05. The molecule has 0 aromatic carbocycles. The van der Waals surface area contributed by atoms with Gasteiger partial charge in [-0.1, -0.05) is 0 Å². The largest absolute Gasteiger partial charge is 0.383 e. The molecule has 0 spiro atoms. The monoisotopic (exact) mass is 331 g/mol. The van der Waals surface area contributed by atoms with Crippen LogP contribution in [-0.2, 0) is 0 Å². The van der Waals surface area contributed by atoms with Crippen LogP contribution < -0.4 is 5.73 Å². The van der Waals surface area contributed by atoms with Crippen LogP contribution in [0.1, 0.15) is 11.3 Å². The Balaban J connectivity index is 2.60. The number of nitrogens with zero attached hydrogens (tertiary/aromatic N) is 2. The molecule has 0 bridgehead atoms. The van der Waals surface area contributed by atoms with Crippen LogP contribution >= 0.6 is 33.9 Å². The van der Waals surface area contributed by atoms with Crippen molar-refractivity contribution in [1.29, 1.82) is 0 Å². The van der Waals surface area contributed by atoms with Gasteiger partial charge in [0, 0.05) is 10.9 Å². The third kappa shape index (κ3) is 1.98. The van der Waals surface area contributed by atoms with Crippen LogP contribution in [0.15, 0.2) is 10.8 Å². The summed E-state index contributed by atoms with van der Waals surface area (Å²) in [6, 6.07) is 0. The molecule has 0 radical (unpaired) electrons. The van der Waals surface area contributed by atoms with Crippen molar-refractivity contribution in [3.8, 4) is 11.4 Å². The van der Waals surface area contributed by atoms with Gasteiger partial charge in [-0.3, -0.25) is 0 Å². The average Bonchev–Trinajstić information content (AvgIpc) is 2.60. The molecule has 0 saturated carbocycles.